The second-order valence-electron chi connectivity index (χ2n) is 6.93. The molecule has 3 aromatic rings. The average Bonchev–Trinajstić information content (AvgIpc) is 3.00. The van der Waals surface area contributed by atoms with Gasteiger partial charge in [-0.15, -0.1) is 11.3 Å². The maximum atomic E-state index is 12.9. The fourth-order valence-electron chi connectivity index (χ4n) is 2.98. The minimum Gasteiger partial charge on any atom is -0.494 e. The number of nitrogens with zero attached hydrogens (tertiary/aromatic N) is 3. The lowest BCUT2D eigenvalue weighted by Gasteiger charge is -2.17. The van der Waals surface area contributed by atoms with Gasteiger partial charge in [0.05, 0.1) is 18.3 Å². The number of carbonyl (C=O) groups is 1. The minimum absolute atomic E-state index is 0.0444. The van der Waals surface area contributed by atoms with E-state index in [2.05, 4.69) is 4.98 Å². The Hall–Kier alpha value is -2.74. The average molecular weight is 418 g/mol. The van der Waals surface area contributed by atoms with Crippen LogP contribution >= 0.6 is 11.3 Å². The van der Waals surface area contributed by atoms with Crippen LogP contribution in [-0.2, 0) is 11.3 Å². The van der Waals surface area contributed by atoms with Crippen LogP contribution in [0, 0.1) is 19.7 Å². The molecular weight excluding hydrogens is 393 g/mol. The highest BCUT2D eigenvalue weighted by Crippen LogP contribution is 2.25. The molecule has 29 heavy (non-hydrogen) atoms. The molecule has 154 valence electrons. The summed E-state index contributed by atoms with van der Waals surface area (Å²) >= 11 is 1.51. The lowest BCUT2D eigenvalue weighted by Crippen LogP contribution is -2.31. The zero-order valence-electron chi connectivity index (χ0n) is 16.8. The molecule has 8 heteroatoms. The number of thiophene rings is 1. The topological polar surface area (TPSA) is 64.4 Å². The van der Waals surface area contributed by atoms with Gasteiger partial charge in [-0.25, -0.2) is 9.37 Å². The second kappa shape index (κ2) is 9.17. The van der Waals surface area contributed by atoms with Crippen molar-refractivity contribution in [2.75, 3.05) is 20.2 Å². The van der Waals surface area contributed by atoms with Gasteiger partial charge in [0.2, 0.25) is 5.91 Å². The molecular formula is C21H24FN3O3S. The summed E-state index contributed by atoms with van der Waals surface area (Å²) in [5.41, 5.74) is 0.862. The molecule has 0 saturated carbocycles. The number of hydrogen-bond donors (Lipinski definition) is 0. The van der Waals surface area contributed by atoms with Gasteiger partial charge < -0.3 is 9.64 Å². The molecule has 6 nitrogen and oxygen atoms in total. The minimum atomic E-state index is -0.305. The van der Waals surface area contributed by atoms with E-state index >= 15 is 0 Å². The lowest BCUT2D eigenvalue weighted by atomic mass is 10.2. The summed E-state index contributed by atoms with van der Waals surface area (Å²) in [6, 6.07) is 5.84. The summed E-state index contributed by atoms with van der Waals surface area (Å²) in [5, 5.41) is 0.647. The Bertz CT molecular complexity index is 1060. The third-order valence-electron chi connectivity index (χ3n) is 4.87. The summed E-state index contributed by atoms with van der Waals surface area (Å²) in [6.45, 7) is 5.17. The van der Waals surface area contributed by atoms with E-state index in [0.29, 0.717) is 37.3 Å². The number of hydrogen-bond acceptors (Lipinski definition) is 5. The van der Waals surface area contributed by atoms with Crippen LogP contribution in [0.15, 0.2) is 35.4 Å². The molecule has 2 heterocycles. The van der Waals surface area contributed by atoms with Crippen molar-refractivity contribution in [1.29, 1.82) is 0 Å². The fraction of sp³-hybridized carbons (Fsp3) is 0.381. The molecule has 1 amide bonds. The molecule has 1 aromatic carbocycles. The van der Waals surface area contributed by atoms with Crippen molar-refractivity contribution >= 4 is 27.5 Å². The number of fused-ring (bicyclic) bond motifs is 1. The van der Waals surface area contributed by atoms with E-state index in [1.165, 1.54) is 34.4 Å². The predicted molar refractivity (Wildman–Crippen MR) is 112 cm³/mol. The number of benzene rings is 1. The predicted octanol–water partition coefficient (Wildman–Crippen LogP) is 3.53. The molecule has 0 aliphatic carbocycles. The zero-order chi connectivity index (χ0) is 21.0. The summed E-state index contributed by atoms with van der Waals surface area (Å²) in [4.78, 5) is 32.9. The molecule has 3 rings (SSSR count). The summed E-state index contributed by atoms with van der Waals surface area (Å²) in [7, 11) is 1.73. The van der Waals surface area contributed by atoms with E-state index in [1.807, 2.05) is 13.8 Å². The second-order valence-corrected chi connectivity index (χ2v) is 8.13. The van der Waals surface area contributed by atoms with Crippen LogP contribution in [-0.4, -0.2) is 40.6 Å². The number of halogens is 1. The van der Waals surface area contributed by atoms with E-state index in [0.717, 1.165) is 15.3 Å². The number of aromatic nitrogens is 2. The number of carbonyl (C=O) groups excluding carboxylic acids is 1. The Kier molecular flexibility index (Phi) is 6.64. The number of rotatable bonds is 8. The third-order valence-corrected chi connectivity index (χ3v) is 5.98. The number of ether oxygens (including phenoxy) is 1. The van der Waals surface area contributed by atoms with Crippen molar-refractivity contribution in [2.45, 2.75) is 33.2 Å². The normalized spacial score (nSPS) is 11.0. The standard InChI is InChI=1S/C21H24FN3O3S/c1-14-15(2)29-20-19(14)21(27)25(13-23-20)11-9-18(26)24(3)10-4-12-28-17-7-5-16(22)6-8-17/h5-8,13H,4,9-12H2,1-3H3. The maximum Gasteiger partial charge on any atom is 0.262 e. The largest absolute Gasteiger partial charge is 0.494 e. The molecule has 0 saturated heterocycles. The van der Waals surface area contributed by atoms with Gasteiger partial charge >= 0.3 is 0 Å². The van der Waals surface area contributed by atoms with Crippen molar-refractivity contribution in [3.05, 3.63) is 57.2 Å². The Morgan fingerprint density at radius 2 is 2.00 bits per heavy atom. The Labute approximate surface area is 172 Å². The van der Waals surface area contributed by atoms with Crippen molar-refractivity contribution in [3.8, 4) is 5.75 Å². The van der Waals surface area contributed by atoms with Gasteiger partial charge in [0.25, 0.3) is 5.56 Å². The molecule has 0 bridgehead atoms. The maximum absolute atomic E-state index is 12.9. The number of aryl methyl sites for hydroxylation is 3. The first-order valence-corrected chi connectivity index (χ1v) is 10.3. The van der Waals surface area contributed by atoms with Gasteiger partial charge in [-0.1, -0.05) is 0 Å². The van der Waals surface area contributed by atoms with E-state index in [4.69, 9.17) is 4.74 Å². The van der Waals surface area contributed by atoms with Crippen LogP contribution in [0.4, 0.5) is 4.39 Å². The van der Waals surface area contributed by atoms with Crippen LogP contribution in [0.1, 0.15) is 23.3 Å². The van der Waals surface area contributed by atoms with Crippen LogP contribution in [0.2, 0.25) is 0 Å². The molecule has 0 unspecified atom stereocenters. The highest BCUT2D eigenvalue weighted by molar-refractivity contribution is 7.18. The lowest BCUT2D eigenvalue weighted by molar-refractivity contribution is -0.130. The highest BCUT2D eigenvalue weighted by Gasteiger charge is 2.14. The van der Waals surface area contributed by atoms with Crippen molar-refractivity contribution < 1.29 is 13.9 Å². The summed E-state index contributed by atoms with van der Waals surface area (Å²) in [6.07, 6.45) is 2.40. The Morgan fingerprint density at radius 1 is 1.28 bits per heavy atom. The van der Waals surface area contributed by atoms with Gasteiger partial charge in [-0.05, 0) is 50.1 Å². The third kappa shape index (κ3) is 5.00. The van der Waals surface area contributed by atoms with Crippen LogP contribution in [0.5, 0.6) is 5.75 Å². The monoisotopic (exact) mass is 417 g/mol. The molecule has 0 radical (unpaired) electrons. The van der Waals surface area contributed by atoms with Crippen LogP contribution in [0.25, 0.3) is 10.2 Å². The molecule has 0 aliphatic rings. The summed E-state index contributed by atoms with van der Waals surface area (Å²) in [5.74, 6) is 0.249. The van der Waals surface area contributed by atoms with Gasteiger partial charge in [0.1, 0.15) is 16.4 Å². The van der Waals surface area contributed by atoms with Crippen molar-refractivity contribution in [1.82, 2.24) is 14.5 Å². The van der Waals surface area contributed by atoms with Crippen LogP contribution in [0.3, 0.4) is 0 Å². The zero-order valence-corrected chi connectivity index (χ0v) is 17.6. The molecule has 2 aromatic heterocycles. The molecule has 0 fully saturated rings. The van der Waals surface area contributed by atoms with Crippen LogP contribution < -0.4 is 10.3 Å². The molecule has 0 atom stereocenters. The van der Waals surface area contributed by atoms with Crippen molar-refractivity contribution in [2.24, 2.45) is 0 Å². The first kappa shape index (κ1) is 21.0. The molecule has 0 N–H and O–H groups in total. The smallest absolute Gasteiger partial charge is 0.262 e. The summed E-state index contributed by atoms with van der Waals surface area (Å²) < 4.78 is 19.9. The van der Waals surface area contributed by atoms with E-state index in [-0.39, 0.29) is 23.7 Å². The Balaban J connectivity index is 1.48. The van der Waals surface area contributed by atoms with Gasteiger partial charge in [0.15, 0.2) is 0 Å². The van der Waals surface area contributed by atoms with E-state index in [1.54, 1.807) is 24.1 Å². The quantitative estimate of drug-likeness (QED) is 0.526. The van der Waals surface area contributed by atoms with Gasteiger partial charge in [0, 0.05) is 31.4 Å². The first-order valence-electron chi connectivity index (χ1n) is 9.44. The first-order chi connectivity index (χ1) is 13.9. The fourth-order valence-corrected chi connectivity index (χ4v) is 3.97. The van der Waals surface area contributed by atoms with E-state index < -0.39 is 0 Å². The van der Waals surface area contributed by atoms with Crippen molar-refractivity contribution in [3.63, 3.8) is 0 Å². The van der Waals surface area contributed by atoms with Gasteiger partial charge in [-0.3, -0.25) is 14.2 Å². The Morgan fingerprint density at radius 3 is 2.72 bits per heavy atom. The molecule has 0 spiro atoms. The highest BCUT2D eigenvalue weighted by atomic mass is 32.1. The SMILES string of the molecule is Cc1sc2ncn(CCC(=O)N(C)CCCOc3ccc(F)cc3)c(=O)c2c1C. The molecule has 0 aliphatic heterocycles. The van der Waals surface area contributed by atoms with E-state index in [9.17, 15) is 14.0 Å². The number of amides is 1. The van der Waals surface area contributed by atoms with Gasteiger partial charge in [-0.2, -0.15) is 0 Å².